The number of aryl methyl sites for hydroxylation is 1. The molecule has 1 aromatic heterocycles. The number of hydrogen-bond donors (Lipinski definition) is 0. The largest absolute Gasteiger partial charge is 0.333 e. The first kappa shape index (κ1) is 10.4. The van der Waals surface area contributed by atoms with Crippen LogP contribution >= 0.6 is 10.7 Å². The van der Waals surface area contributed by atoms with E-state index in [0.29, 0.717) is 5.56 Å². The van der Waals surface area contributed by atoms with Crippen LogP contribution in [0.15, 0.2) is 24.5 Å². The number of benzene rings is 1. The highest BCUT2D eigenvalue weighted by molar-refractivity contribution is 8.13. The SMILES string of the molecule is Cn1cnc2cccc(CS(=O)(=O)Cl)c21. The minimum absolute atomic E-state index is 0.175. The fraction of sp³-hybridized carbons (Fsp3) is 0.222. The Morgan fingerprint density at radius 3 is 2.87 bits per heavy atom. The van der Waals surface area contributed by atoms with Crippen LogP contribution < -0.4 is 0 Å². The normalized spacial score (nSPS) is 12.1. The number of hydrogen-bond acceptors (Lipinski definition) is 3. The van der Waals surface area contributed by atoms with Crippen LogP contribution in [-0.2, 0) is 21.9 Å². The first-order valence-electron chi connectivity index (χ1n) is 4.28. The molecule has 0 N–H and O–H groups in total. The van der Waals surface area contributed by atoms with Gasteiger partial charge in [-0.2, -0.15) is 0 Å². The molecule has 1 heterocycles. The van der Waals surface area contributed by atoms with Crippen molar-refractivity contribution < 1.29 is 8.42 Å². The molecular weight excluding hydrogens is 236 g/mol. The summed E-state index contributed by atoms with van der Waals surface area (Å²) >= 11 is 0. The van der Waals surface area contributed by atoms with Gasteiger partial charge in [0.05, 0.1) is 23.1 Å². The van der Waals surface area contributed by atoms with E-state index in [2.05, 4.69) is 4.98 Å². The molecule has 80 valence electrons. The molecule has 0 amide bonds. The fourth-order valence-electron chi connectivity index (χ4n) is 1.60. The smallest absolute Gasteiger partial charge is 0.236 e. The molecular formula is C9H9ClN2O2S. The maximum absolute atomic E-state index is 11.0. The summed E-state index contributed by atoms with van der Waals surface area (Å²) < 4.78 is 23.8. The van der Waals surface area contributed by atoms with Gasteiger partial charge in [0, 0.05) is 17.7 Å². The van der Waals surface area contributed by atoms with Crippen LogP contribution in [0, 0.1) is 0 Å². The maximum atomic E-state index is 11.0. The molecule has 0 atom stereocenters. The minimum Gasteiger partial charge on any atom is -0.333 e. The zero-order valence-corrected chi connectivity index (χ0v) is 9.59. The van der Waals surface area contributed by atoms with E-state index < -0.39 is 9.05 Å². The predicted molar refractivity (Wildman–Crippen MR) is 59.2 cm³/mol. The van der Waals surface area contributed by atoms with Crippen molar-refractivity contribution in [2.75, 3.05) is 0 Å². The highest BCUT2D eigenvalue weighted by Gasteiger charge is 2.12. The second-order valence-corrected chi connectivity index (χ2v) is 6.10. The summed E-state index contributed by atoms with van der Waals surface area (Å²) in [4.78, 5) is 4.13. The van der Waals surface area contributed by atoms with Gasteiger partial charge in [0.2, 0.25) is 9.05 Å². The van der Waals surface area contributed by atoms with Gasteiger partial charge in [-0.1, -0.05) is 12.1 Å². The van der Waals surface area contributed by atoms with Gasteiger partial charge in [0.25, 0.3) is 0 Å². The molecule has 2 aromatic rings. The Hall–Kier alpha value is -1.07. The zero-order chi connectivity index (χ0) is 11.1. The Morgan fingerprint density at radius 1 is 1.47 bits per heavy atom. The van der Waals surface area contributed by atoms with Crippen LogP contribution in [0.1, 0.15) is 5.56 Å². The lowest BCUT2D eigenvalue weighted by Crippen LogP contribution is -1.98. The topological polar surface area (TPSA) is 52.0 Å². The molecule has 2 rings (SSSR count). The van der Waals surface area contributed by atoms with Crippen LogP contribution in [0.3, 0.4) is 0 Å². The third kappa shape index (κ3) is 2.13. The van der Waals surface area contributed by atoms with E-state index in [9.17, 15) is 8.42 Å². The number of nitrogens with zero attached hydrogens (tertiary/aromatic N) is 2. The number of aromatic nitrogens is 2. The van der Waals surface area contributed by atoms with Crippen LogP contribution in [0.5, 0.6) is 0 Å². The second-order valence-electron chi connectivity index (χ2n) is 3.32. The van der Waals surface area contributed by atoms with Crippen molar-refractivity contribution >= 4 is 30.8 Å². The molecule has 0 saturated heterocycles. The molecule has 0 aliphatic rings. The van der Waals surface area contributed by atoms with E-state index in [0.717, 1.165) is 11.0 Å². The summed E-state index contributed by atoms with van der Waals surface area (Å²) in [5.41, 5.74) is 2.25. The summed E-state index contributed by atoms with van der Waals surface area (Å²) in [6.07, 6.45) is 1.65. The number of rotatable bonds is 2. The van der Waals surface area contributed by atoms with E-state index in [-0.39, 0.29) is 5.75 Å². The van der Waals surface area contributed by atoms with Gasteiger partial charge >= 0.3 is 0 Å². The van der Waals surface area contributed by atoms with Crippen molar-refractivity contribution in [1.29, 1.82) is 0 Å². The molecule has 0 fully saturated rings. The Balaban J connectivity index is 2.65. The molecule has 0 aliphatic heterocycles. The van der Waals surface area contributed by atoms with Crippen molar-refractivity contribution in [2.45, 2.75) is 5.75 Å². The van der Waals surface area contributed by atoms with Gasteiger partial charge in [-0.15, -0.1) is 0 Å². The zero-order valence-electron chi connectivity index (χ0n) is 8.01. The molecule has 4 nitrogen and oxygen atoms in total. The number of halogens is 1. The average Bonchev–Trinajstić information content (AvgIpc) is 2.46. The van der Waals surface area contributed by atoms with Crippen LogP contribution in [0.4, 0.5) is 0 Å². The fourth-order valence-corrected chi connectivity index (χ4v) is 2.55. The van der Waals surface area contributed by atoms with Gasteiger partial charge in [-0.25, -0.2) is 13.4 Å². The van der Waals surface area contributed by atoms with Crippen molar-refractivity contribution in [3.63, 3.8) is 0 Å². The molecule has 6 heteroatoms. The summed E-state index contributed by atoms with van der Waals surface area (Å²) in [5, 5.41) is 0. The third-order valence-corrected chi connectivity index (χ3v) is 3.13. The molecule has 15 heavy (non-hydrogen) atoms. The molecule has 0 radical (unpaired) electrons. The quantitative estimate of drug-likeness (QED) is 0.755. The highest BCUT2D eigenvalue weighted by Crippen LogP contribution is 2.20. The van der Waals surface area contributed by atoms with Gasteiger partial charge in [0.1, 0.15) is 0 Å². The Bertz CT molecular complexity index is 604. The van der Waals surface area contributed by atoms with Crippen molar-refractivity contribution in [1.82, 2.24) is 9.55 Å². The third-order valence-electron chi connectivity index (χ3n) is 2.15. The maximum Gasteiger partial charge on any atom is 0.236 e. The van der Waals surface area contributed by atoms with E-state index >= 15 is 0 Å². The molecule has 1 aromatic carbocycles. The van der Waals surface area contributed by atoms with Gasteiger partial charge < -0.3 is 4.57 Å². The van der Waals surface area contributed by atoms with Crippen LogP contribution in [-0.4, -0.2) is 18.0 Å². The van der Waals surface area contributed by atoms with Crippen LogP contribution in [0.2, 0.25) is 0 Å². The summed E-state index contributed by atoms with van der Waals surface area (Å²) in [6, 6.07) is 5.34. The van der Waals surface area contributed by atoms with Gasteiger partial charge in [-0.3, -0.25) is 0 Å². The Morgan fingerprint density at radius 2 is 2.20 bits per heavy atom. The monoisotopic (exact) mass is 244 g/mol. The highest BCUT2D eigenvalue weighted by atomic mass is 35.7. The molecule has 0 aliphatic carbocycles. The van der Waals surface area contributed by atoms with E-state index in [1.165, 1.54) is 0 Å². The van der Waals surface area contributed by atoms with Crippen molar-refractivity contribution in [2.24, 2.45) is 7.05 Å². The van der Waals surface area contributed by atoms with E-state index in [4.69, 9.17) is 10.7 Å². The first-order valence-corrected chi connectivity index (χ1v) is 6.76. The van der Waals surface area contributed by atoms with Crippen molar-refractivity contribution in [3.8, 4) is 0 Å². The molecule has 0 saturated carbocycles. The van der Waals surface area contributed by atoms with Gasteiger partial charge in [-0.05, 0) is 11.6 Å². The lowest BCUT2D eigenvalue weighted by molar-refractivity contribution is 0.609. The lowest BCUT2D eigenvalue weighted by atomic mass is 10.2. The molecule has 0 unspecified atom stereocenters. The predicted octanol–water partition coefficient (Wildman–Crippen LogP) is 1.64. The number of para-hydroxylation sites is 1. The summed E-state index contributed by atoms with van der Waals surface area (Å²) in [6.45, 7) is 0. The number of imidazole rings is 1. The van der Waals surface area contributed by atoms with Crippen LogP contribution in [0.25, 0.3) is 11.0 Å². The van der Waals surface area contributed by atoms with Crippen molar-refractivity contribution in [3.05, 3.63) is 30.1 Å². The molecule has 0 bridgehead atoms. The molecule has 0 spiro atoms. The number of fused-ring (bicyclic) bond motifs is 1. The summed E-state index contributed by atoms with van der Waals surface area (Å²) in [7, 11) is 3.52. The second kappa shape index (κ2) is 3.50. The van der Waals surface area contributed by atoms with E-state index in [1.807, 2.05) is 13.1 Å². The Kier molecular flexibility index (Phi) is 2.44. The Labute approximate surface area is 91.9 Å². The van der Waals surface area contributed by atoms with Gasteiger partial charge in [0.15, 0.2) is 0 Å². The lowest BCUT2D eigenvalue weighted by Gasteiger charge is -2.02. The summed E-state index contributed by atoms with van der Waals surface area (Å²) in [5.74, 6) is -0.175. The standard InChI is InChI=1S/C9H9ClN2O2S/c1-12-6-11-8-4-2-3-7(9(8)12)5-15(10,13)14/h2-4,6H,5H2,1H3. The average molecular weight is 245 g/mol. The first-order chi connectivity index (χ1) is 6.97. The minimum atomic E-state index is -3.53. The van der Waals surface area contributed by atoms with E-state index in [1.54, 1.807) is 23.0 Å².